The Balaban J connectivity index is 1.38. The first-order chi connectivity index (χ1) is 15.1. The molecule has 0 aliphatic carbocycles. The predicted octanol–water partition coefficient (Wildman–Crippen LogP) is 2.16. The maximum Gasteiger partial charge on any atom is 0.160 e. The maximum atomic E-state index is 10.2. The van der Waals surface area contributed by atoms with Crippen molar-refractivity contribution in [3.63, 3.8) is 0 Å². The number of hydrogen-bond donors (Lipinski definition) is 4. The second kappa shape index (κ2) is 11.4. The van der Waals surface area contributed by atoms with Crippen molar-refractivity contribution in [1.29, 1.82) is 0 Å². The van der Waals surface area contributed by atoms with Crippen LogP contribution >= 0.6 is 0 Å². The van der Waals surface area contributed by atoms with E-state index in [9.17, 15) is 5.11 Å². The van der Waals surface area contributed by atoms with Gasteiger partial charge in [-0.05, 0) is 54.9 Å². The standard InChI is InChI=1S/C23H29N3O5/c1-29-21-8-3-16(11-22(21)30-2)9-10-24-13-19(28)15-31-20-6-4-17(5-7-20)23-25-12-18(14-27)26-23/h3-8,11-12,19,24,27-28H,9-10,13-15H2,1-2H3,(H,25,26)/t19-/m0/s1. The van der Waals surface area contributed by atoms with Crippen molar-refractivity contribution < 1.29 is 24.4 Å². The molecule has 8 nitrogen and oxygen atoms in total. The summed E-state index contributed by atoms with van der Waals surface area (Å²) in [6.45, 7) is 1.27. The van der Waals surface area contributed by atoms with Gasteiger partial charge in [-0.3, -0.25) is 0 Å². The first kappa shape index (κ1) is 22.6. The summed E-state index contributed by atoms with van der Waals surface area (Å²) in [5.74, 6) is 2.77. The highest BCUT2D eigenvalue weighted by Gasteiger charge is 2.08. The molecule has 1 aromatic heterocycles. The van der Waals surface area contributed by atoms with Crippen LogP contribution in [0.4, 0.5) is 0 Å². The van der Waals surface area contributed by atoms with Gasteiger partial charge in [0.25, 0.3) is 0 Å². The molecule has 0 aliphatic heterocycles. The Morgan fingerprint density at radius 3 is 2.52 bits per heavy atom. The van der Waals surface area contributed by atoms with Gasteiger partial charge < -0.3 is 34.7 Å². The maximum absolute atomic E-state index is 10.2. The van der Waals surface area contributed by atoms with Gasteiger partial charge >= 0.3 is 0 Å². The topological polar surface area (TPSA) is 109 Å². The molecule has 4 N–H and O–H groups in total. The smallest absolute Gasteiger partial charge is 0.160 e. The number of aromatic nitrogens is 2. The summed E-state index contributed by atoms with van der Waals surface area (Å²) in [5.41, 5.74) is 2.68. The van der Waals surface area contributed by atoms with Crippen molar-refractivity contribution >= 4 is 0 Å². The van der Waals surface area contributed by atoms with E-state index in [-0.39, 0.29) is 13.2 Å². The molecule has 0 bridgehead atoms. The number of H-pyrrole nitrogens is 1. The first-order valence-electron chi connectivity index (χ1n) is 10.1. The van der Waals surface area contributed by atoms with Gasteiger partial charge in [0.2, 0.25) is 0 Å². The number of nitrogens with one attached hydrogen (secondary N) is 2. The third-order valence-corrected chi connectivity index (χ3v) is 4.79. The van der Waals surface area contributed by atoms with Crippen molar-refractivity contribution in [3.05, 3.63) is 59.9 Å². The molecule has 0 spiro atoms. The molecule has 3 rings (SSSR count). The number of hydrogen-bond acceptors (Lipinski definition) is 7. The minimum Gasteiger partial charge on any atom is -0.493 e. The highest BCUT2D eigenvalue weighted by Crippen LogP contribution is 2.27. The Morgan fingerprint density at radius 2 is 1.84 bits per heavy atom. The lowest BCUT2D eigenvalue weighted by Crippen LogP contribution is -2.32. The molecule has 166 valence electrons. The van der Waals surface area contributed by atoms with E-state index in [0.29, 0.717) is 35.3 Å². The number of imidazole rings is 1. The van der Waals surface area contributed by atoms with Crippen LogP contribution in [0.2, 0.25) is 0 Å². The van der Waals surface area contributed by atoms with E-state index in [1.54, 1.807) is 20.4 Å². The van der Waals surface area contributed by atoms with Crippen LogP contribution in [0.15, 0.2) is 48.7 Å². The average Bonchev–Trinajstić information content (AvgIpc) is 3.30. The summed E-state index contributed by atoms with van der Waals surface area (Å²) in [6, 6.07) is 13.3. The van der Waals surface area contributed by atoms with E-state index in [2.05, 4.69) is 15.3 Å². The summed E-state index contributed by atoms with van der Waals surface area (Å²) in [5, 5.41) is 22.5. The Bertz CT molecular complexity index is 943. The quantitative estimate of drug-likeness (QED) is 0.328. The molecule has 3 aromatic rings. The fourth-order valence-electron chi connectivity index (χ4n) is 3.08. The zero-order valence-electron chi connectivity index (χ0n) is 17.8. The van der Waals surface area contributed by atoms with Crippen LogP contribution in [-0.4, -0.2) is 60.2 Å². The number of ether oxygens (including phenoxy) is 3. The number of aliphatic hydroxyl groups excluding tert-OH is 2. The Hall–Kier alpha value is -3.07. The lowest BCUT2D eigenvalue weighted by Gasteiger charge is -2.14. The molecule has 0 saturated carbocycles. The van der Waals surface area contributed by atoms with Crippen molar-refractivity contribution in [1.82, 2.24) is 15.3 Å². The summed E-state index contributed by atoms with van der Waals surface area (Å²) < 4.78 is 16.2. The fourth-order valence-corrected chi connectivity index (χ4v) is 3.08. The second-order valence-corrected chi connectivity index (χ2v) is 7.05. The normalized spacial score (nSPS) is 11.9. The lowest BCUT2D eigenvalue weighted by atomic mass is 10.1. The van der Waals surface area contributed by atoms with Crippen LogP contribution in [-0.2, 0) is 13.0 Å². The van der Waals surface area contributed by atoms with Gasteiger partial charge in [0.1, 0.15) is 24.3 Å². The molecule has 0 radical (unpaired) electrons. The van der Waals surface area contributed by atoms with Gasteiger partial charge in [-0.25, -0.2) is 4.98 Å². The molecule has 0 saturated heterocycles. The Kier molecular flexibility index (Phi) is 8.28. The summed E-state index contributed by atoms with van der Waals surface area (Å²) in [7, 11) is 3.23. The van der Waals surface area contributed by atoms with Crippen molar-refractivity contribution in [2.45, 2.75) is 19.1 Å². The third-order valence-electron chi connectivity index (χ3n) is 4.79. The highest BCUT2D eigenvalue weighted by molar-refractivity contribution is 5.56. The van der Waals surface area contributed by atoms with E-state index < -0.39 is 6.10 Å². The van der Waals surface area contributed by atoms with E-state index in [0.717, 1.165) is 24.1 Å². The first-order valence-corrected chi connectivity index (χ1v) is 10.1. The third kappa shape index (κ3) is 6.45. The van der Waals surface area contributed by atoms with Crippen LogP contribution in [0, 0.1) is 0 Å². The van der Waals surface area contributed by atoms with Gasteiger partial charge in [0, 0.05) is 12.1 Å². The van der Waals surface area contributed by atoms with E-state index in [1.165, 1.54) is 0 Å². The number of aliphatic hydroxyl groups is 2. The molecule has 1 atom stereocenters. The monoisotopic (exact) mass is 427 g/mol. The van der Waals surface area contributed by atoms with Crippen LogP contribution < -0.4 is 19.5 Å². The minimum absolute atomic E-state index is 0.0750. The van der Waals surface area contributed by atoms with Gasteiger partial charge in [0.05, 0.1) is 32.7 Å². The number of rotatable bonds is 12. The van der Waals surface area contributed by atoms with Gasteiger partial charge in [0.15, 0.2) is 11.5 Å². The second-order valence-electron chi connectivity index (χ2n) is 7.05. The molecule has 0 amide bonds. The number of nitrogens with zero attached hydrogens (tertiary/aromatic N) is 1. The van der Waals surface area contributed by atoms with Crippen molar-refractivity contribution in [2.24, 2.45) is 0 Å². The van der Waals surface area contributed by atoms with Crippen molar-refractivity contribution in [2.75, 3.05) is 33.9 Å². The molecular weight excluding hydrogens is 398 g/mol. The Labute approximate surface area is 181 Å². The van der Waals surface area contributed by atoms with E-state index >= 15 is 0 Å². The molecule has 1 heterocycles. The largest absolute Gasteiger partial charge is 0.493 e. The minimum atomic E-state index is -0.623. The summed E-state index contributed by atoms with van der Waals surface area (Å²) >= 11 is 0. The summed E-state index contributed by atoms with van der Waals surface area (Å²) in [4.78, 5) is 7.26. The molecule has 0 aliphatic rings. The molecule has 2 aromatic carbocycles. The van der Waals surface area contributed by atoms with E-state index in [4.69, 9.17) is 19.3 Å². The molecule has 8 heteroatoms. The molecule has 0 unspecified atom stereocenters. The highest BCUT2D eigenvalue weighted by atomic mass is 16.5. The van der Waals surface area contributed by atoms with Crippen LogP contribution in [0.3, 0.4) is 0 Å². The van der Waals surface area contributed by atoms with Crippen LogP contribution in [0.25, 0.3) is 11.4 Å². The Morgan fingerprint density at radius 1 is 1.06 bits per heavy atom. The average molecular weight is 428 g/mol. The van der Waals surface area contributed by atoms with Gasteiger partial charge in [-0.2, -0.15) is 0 Å². The van der Waals surface area contributed by atoms with Gasteiger partial charge in [-0.15, -0.1) is 0 Å². The number of aromatic amines is 1. The number of methoxy groups -OCH3 is 2. The molecule has 31 heavy (non-hydrogen) atoms. The predicted molar refractivity (Wildman–Crippen MR) is 118 cm³/mol. The zero-order valence-corrected chi connectivity index (χ0v) is 17.8. The van der Waals surface area contributed by atoms with Crippen molar-refractivity contribution in [3.8, 4) is 28.6 Å². The fraction of sp³-hybridized carbons (Fsp3) is 0.348. The number of benzene rings is 2. The van der Waals surface area contributed by atoms with Crippen LogP contribution in [0.1, 0.15) is 11.3 Å². The molecule has 0 fully saturated rings. The SMILES string of the molecule is COc1ccc(CCNC[C@H](O)COc2ccc(-c3ncc(CO)[nH]3)cc2)cc1OC. The van der Waals surface area contributed by atoms with Gasteiger partial charge in [-0.1, -0.05) is 6.07 Å². The van der Waals surface area contributed by atoms with E-state index in [1.807, 2.05) is 42.5 Å². The zero-order chi connectivity index (χ0) is 22.1. The lowest BCUT2D eigenvalue weighted by molar-refractivity contribution is 0.106. The molecular formula is C23H29N3O5. The van der Waals surface area contributed by atoms with Crippen LogP contribution in [0.5, 0.6) is 17.2 Å². The summed E-state index contributed by atoms with van der Waals surface area (Å²) in [6.07, 6.45) is 1.79.